The Hall–Kier alpha value is -4.03. The molecule has 4 rings (SSSR count). The highest BCUT2D eigenvalue weighted by Gasteiger charge is 2.21. The molecule has 0 bridgehead atoms. The van der Waals surface area contributed by atoms with Gasteiger partial charge in [-0.15, -0.1) is 10.2 Å². The standard InChI is InChI=1S/C25H21FN6OS/c1-18-5-2-3-6-22(18)32-24(19-11-14-28-15-12-19)29-30-25(32)34-17-23(33)31(16-4-13-27)21-9-7-20(26)8-10-21/h2-3,5-12,14-15H,4,16-17H2,1H3. The molecular weight excluding hydrogens is 451 g/mol. The van der Waals surface area contributed by atoms with Gasteiger partial charge in [0, 0.05) is 30.2 Å². The van der Waals surface area contributed by atoms with Crippen LogP contribution in [0.15, 0.2) is 78.2 Å². The Morgan fingerprint density at radius 2 is 1.82 bits per heavy atom. The van der Waals surface area contributed by atoms with Crippen molar-refractivity contribution in [3.63, 3.8) is 0 Å². The minimum absolute atomic E-state index is 0.0726. The summed E-state index contributed by atoms with van der Waals surface area (Å²) in [5, 5.41) is 18.3. The van der Waals surface area contributed by atoms with Crippen LogP contribution >= 0.6 is 11.8 Å². The number of amides is 1. The van der Waals surface area contributed by atoms with Crippen LogP contribution in [0.4, 0.5) is 10.1 Å². The number of para-hydroxylation sites is 1. The summed E-state index contributed by atoms with van der Waals surface area (Å²) < 4.78 is 15.3. The molecule has 34 heavy (non-hydrogen) atoms. The number of nitrogens with zero attached hydrogens (tertiary/aromatic N) is 6. The summed E-state index contributed by atoms with van der Waals surface area (Å²) in [5.74, 6) is 0.118. The average Bonchev–Trinajstić information content (AvgIpc) is 3.28. The van der Waals surface area contributed by atoms with Gasteiger partial charge in [-0.3, -0.25) is 14.3 Å². The number of aromatic nitrogens is 4. The van der Waals surface area contributed by atoms with Crippen LogP contribution in [-0.4, -0.2) is 38.0 Å². The first-order valence-electron chi connectivity index (χ1n) is 10.6. The zero-order valence-electron chi connectivity index (χ0n) is 18.4. The summed E-state index contributed by atoms with van der Waals surface area (Å²) in [4.78, 5) is 18.7. The number of benzene rings is 2. The van der Waals surface area contributed by atoms with E-state index in [1.54, 1.807) is 12.4 Å². The Bertz CT molecular complexity index is 1320. The summed E-state index contributed by atoms with van der Waals surface area (Å²) in [6.45, 7) is 2.22. The van der Waals surface area contributed by atoms with Gasteiger partial charge in [0.2, 0.25) is 5.91 Å². The monoisotopic (exact) mass is 472 g/mol. The first kappa shape index (κ1) is 23.1. The molecule has 0 fully saturated rings. The molecule has 0 radical (unpaired) electrons. The molecule has 4 aromatic rings. The van der Waals surface area contributed by atoms with E-state index in [1.807, 2.05) is 47.9 Å². The quantitative estimate of drug-likeness (QED) is 0.342. The topological polar surface area (TPSA) is 87.7 Å². The Morgan fingerprint density at radius 1 is 1.09 bits per heavy atom. The van der Waals surface area contributed by atoms with E-state index in [1.165, 1.54) is 40.9 Å². The first-order chi connectivity index (χ1) is 16.6. The number of aryl methyl sites for hydroxylation is 1. The van der Waals surface area contributed by atoms with Gasteiger partial charge >= 0.3 is 0 Å². The first-order valence-corrected chi connectivity index (χ1v) is 11.5. The molecule has 0 aliphatic heterocycles. The second kappa shape index (κ2) is 10.7. The van der Waals surface area contributed by atoms with Gasteiger partial charge in [-0.05, 0) is 55.0 Å². The molecule has 2 aromatic carbocycles. The molecule has 0 saturated heterocycles. The number of rotatable bonds is 8. The van der Waals surface area contributed by atoms with Crippen molar-refractivity contribution in [3.05, 3.63) is 84.4 Å². The number of pyridine rings is 1. The van der Waals surface area contributed by atoms with Crippen molar-refractivity contribution >= 4 is 23.4 Å². The molecule has 0 atom stereocenters. The molecule has 2 heterocycles. The number of halogens is 1. The molecule has 0 aliphatic rings. The lowest BCUT2D eigenvalue weighted by molar-refractivity contribution is -0.116. The van der Waals surface area contributed by atoms with Crippen molar-refractivity contribution < 1.29 is 9.18 Å². The van der Waals surface area contributed by atoms with E-state index in [0.29, 0.717) is 16.7 Å². The molecule has 9 heteroatoms. The van der Waals surface area contributed by atoms with E-state index in [9.17, 15) is 9.18 Å². The van der Waals surface area contributed by atoms with E-state index in [-0.39, 0.29) is 30.4 Å². The Labute approximate surface area is 200 Å². The third kappa shape index (κ3) is 5.13. The second-order valence-electron chi connectivity index (χ2n) is 7.38. The summed E-state index contributed by atoms with van der Waals surface area (Å²) in [6, 6.07) is 19.3. The normalized spacial score (nSPS) is 10.6. The smallest absolute Gasteiger partial charge is 0.237 e. The molecule has 170 valence electrons. The predicted octanol–water partition coefficient (Wildman–Crippen LogP) is 4.82. The number of nitriles is 1. The lowest BCUT2D eigenvalue weighted by atomic mass is 10.2. The van der Waals surface area contributed by atoms with Crippen molar-refractivity contribution in [2.24, 2.45) is 0 Å². The lowest BCUT2D eigenvalue weighted by Gasteiger charge is -2.21. The second-order valence-corrected chi connectivity index (χ2v) is 8.33. The maximum Gasteiger partial charge on any atom is 0.237 e. The fourth-order valence-corrected chi connectivity index (χ4v) is 4.29. The molecule has 0 saturated carbocycles. The number of carbonyl (C=O) groups is 1. The molecule has 7 nitrogen and oxygen atoms in total. The summed E-state index contributed by atoms with van der Waals surface area (Å²) in [7, 11) is 0. The van der Waals surface area contributed by atoms with E-state index in [0.717, 1.165) is 16.8 Å². The maximum atomic E-state index is 13.4. The highest BCUT2D eigenvalue weighted by Crippen LogP contribution is 2.29. The SMILES string of the molecule is Cc1ccccc1-n1c(SCC(=O)N(CCC#N)c2ccc(F)cc2)nnc1-c1ccncc1. The summed E-state index contributed by atoms with van der Waals surface area (Å²) in [5.41, 5.74) is 3.34. The average molecular weight is 473 g/mol. The van der Waals surface area contributed by atoms with Crippen molar-refractivity contribution in [3.8, 4) is 23.1 Å². The number of hydrogen-bond donors (Lipinski definition) is 0. The van der Waals surface area contributed by atoms with Gasteiger partial charge in [0.05, 0.1) is 23.9 Å². The minimum Gasteiger partial charge on any atom is -0.311 e. The predicted molar refractivity (Wildman–Crippen MR) is 129 cm³/mol. The van der Waals surface area contributed by atoms with Crippen molar-refractivity contribution in [2.45, 2.75) is 18.5 Å². The molecule has 2 aromatic heterocycles. The van der Waals surface area contributed by atoms with Crippen LogP contribution in [-0.2, 0) is 4.79 Å². The van der Waals surface area contributed by atoms with Crippen molar-refractivity contribution in [1.82, 2.24) is 19.7 Å². The number of thioether (sulfide) groups is 1. The van der Waals surface area contributed by atoms with Crippen LogP contribution in [0.3, 0.4) is 0 Å². The molecular formula is C25H21FN6OS. The van der Waals surface area contributed by atoms with Gasteiger partial charge < -0.3 is 4.90 Å². The van der Waals surface area contributed by atoms with Crippen LogP contribution in [0.5, 0.6) is 0 Å². The summed E-state index contributed by atoms with van der Waals surface area (Å²) >= 11 is 1.26. The van der Waals surface area contributed by atoms with Gasteiger partial charge in [-0.25, -0.2) is 4.39 Å². The Balaban J connectivity index is 1.64. The van der Waals surface area contributed by atoms with Crippen LogP contribution < -0.4 is 4.90 Å². The molecule has 0 N–H and O–H groups in total. The van der Waals surface area contributed by atoms with Crippen LogP contribution in [0.25, 0.3) is 17.1 Å². The van der Waals surface area contributed by atoms with E-state index >= 15 is 0 Å². The van der Waals surface area contributed by atoms with Gasteiger partial charge in [0.25, 0.3) is 0 Å². The molecule has 1 amide bonds. The van der Waals surface area contributed by atoms with Crippen molar-refractivity contribution in [1.29, 1.82) is 5.26 Å². The van der Waals surface area contributed by atoms with Gasteiger partial charge in [0.1, 0.15) is 5.82 Å². The van der Waals surface area contributed by atoms with Crippen LogP contribution in [0.2, 0.25) is 0 Å². The zero-order valence-corrected chi connectivity index (χ0v) is 19.2. The minimum atomic E-state index is -0.388. The van der Waals surface area contributed by atoms with E-state index < -0.39 is 0 Å². The van der Waals surface area contributed by atoms with Crippen molar-refractivity contribution in [2.75, 3.05) is 17.2 Å². The third-order valence-electron chi connectivity index (χ3n) is 5.14. The third-order valence-corrected chi connectivity index (χ3v) is 6.05. The van der Waals surface area contributed by atoms with Gasteiger partial charge in [-0.1, -0.05) is 30.0 Å². The van der Waals surface area contributed by atoms with Gasteiger partial charge in [-0.2, -0.15) is 5.26 Å². The fourth-order valence-electron chi connectivity index (χ4n) is 3.47. The van der Waals surface area contributed by atoms with Crippen LogP contribution in [0.1, 0.15) is 12.0 Å². The number of carbonyl (C=O) groups excluding carboxylic acids is 1. The maximum absolute atomic E-state index is 13.4. The highest BCUT2D eigenvalue weighted by molar-refractivity contribution is 7.99. The van der Waals surface area contributed by atoms with E-state index in [4.69, 9.17) is 5.26 Å². The lowest BCUT2D eigenvalue weighted by Crippen LogP contribution is -2.33. The van der Waals surface area contributed by atoms with E-state index in [2.05, 4.69) is 21.3 Å². The Kier molecular flexibility index (Phi) is 7.30. The highest BCUT2D eigenvalue weighted by atomic mass is 32.2. The van der Waals surface area contributed by atoms with Gasteiger partial charge in [0.15, 0.2) is 11.0 Å². The molecule has 0 spiro atoms. The molecule has 0 unspecified atom stereocenters. The summed E-state index contributed by atoms with van der Waals surface area (Å²) in [6.07, 6.45) is 3.55. The Morgan fingerprint density at radius 3 is 2.53 bits per heavy atom. The fraction of sp³-hybridized carbons (Fsp3) is 0.160. The number of hydrogen-bond acceptors (Lipinski definition) is 6. The largest absolute Gasteiger partial charge is 0.311 e. The number of anilines is 1. The van der Waals surface area contributed by atoms with Crippen LogP contribution in [0, 0.1) is 24.1 Å². The zero-order chi connectivity index (χ0) is 23.9. The molecule has 0 aliphatic carbocycles.